The lowest BCUT2D eigenvalue weighted by atomic mass is 10.2. The van der Waals surface area contributed by atoms with Crippen LogP contribution in [0.25, 0.3) is 10.1 Å². The van der Waals surface area contributed by atoms with E-state index in [1.54, 1.807) is 49.4 Å². The maximum Gasteiger partial charge on any atom is 0.345 e. The van der Waals surface area contributed by atoms with Gasteiger partial charge in [0.2, 0.25) is 0 Å². The number of hydrazone groups is 1. The molecule has 0 saturated heterocycles. The van der Waals surface area contributed by atoms with Crippen molar-refractivity contribution in [1.29, 1.82) is 0 Å². The fourth-order valence-electron chi connectivity index (χ4n) is 4.05. The van der Waals surface area contributed by atoms with Crippen molar-refractivity contribution >= 4 is 85.9 Å². The molecule has 12 heteroatoms. The Morgan fingerprint density at radius 2 is 1.66 bits per heavy atom. The number of anilines is 1. The van der Waals surface area contributed by atoms with Crippen LogP contribution < -0.4 is 20.2 Å². The number of carbonyl (C=O) groups is 3. The summed E-state index contributed by atoms with van der Waals surface area (Å²) >= 11 is 19.8. The molecule has 2 N–H and O–H groups in total. The molecule has 0 unspecified atom stereocenters. The van der Waals surface area contributed by atoms with Gasteiger partial charge in [-0.1, -0.05) is 53.0 Å². The third-order valence-electron chi connectivity index (χ3n) is 6.15. The summed E-state index contributed by atoms with van der Waals surface area (Å²) in [7, 11) is 0. The molecule has 8 nitrogen and oxygen atoms in total. The molecular weight excluding hydrogens is 645 g/mol. The molecule has 2 amide bonds. The van der Waals surface area contributed by atoms with Gasteiger partial charge in [0, 0.05) is 26.4 Å². The second-order valence-electron chi connectivity index (χ2n) is 9.12. The molecule has 0 aliphatic rings. The van der Waals surface area contributed by atoms with E-state index in [1.807, 2.05) is 24.3 Å². The number of halogens is 3. The summed E-state index contributed by atoms with van der Waals surface area (Å²) in [4.78, 5) is 38.5. The Bertz CT molecular complexity index is 1910. The SMILES string of the molecule is CCOc1cc(/C=N\NC(=O)c2ccc(NC(=O)c3sc4ccccc4c3Cl)cc2)ccc1OC(=O)c1ccc(Cl)cc1Cl. The molecule has 0 saturated carbocycles. The molecule has 0 aliphatic heterocycles. The maximum absolute atomic E-state index is 12.8. The first-order valence-corrected chi connectivity index (χ1v) is 15.0. The van der Waals surface area contributed by atoms with Crippen LogP contribution in [0.2, 0.25) is 15.1 Å². The molecule has 4 aromatic carbocycles. The van der Waals surface area contributed by atoms with E-state index in [0.717, 1.165) is 10.1 Å². The molecule has 5 aromatic rings. The fourth-order valence-corrected chi connectivity index (χ4v) is 5.95. The Morgan fingerprint density at radius 1 is 0.886 bits per heavy atom. The van der Waals surface area contributed by atoms with Gasteiger partial charge in [-0.25, -0.2) is 10.2 Å². The van der Waals surface area contributed by atoms with Crippen LogP contribution in [0.15, 0.2) is 90.0 Å². The number of benzene rings is 4. The zero-order valence-electron chi connectivity index (χ0n) is 22.9. The first-order valence-electron chi connectivity index (χ1n) is 13.1. The van der Waals surface area contributed by atoms with E-state index in [9.17, 15) is 14.4 Å². The molecule has 0 atom stereocenters. The second kappa shape index (κ2) is 13.9. The Labute approximate surface area is 271 Å². The van der Waals surface area contributed by atoms with E-state index < -0.39 is 11.9 Å². The normalized spacial score (nSPS) is 11.0. The number of ether oxygens (including phenoxy) is 2. The van der Waals surface area contributed by atoms with Crippen molar-refractivity contribution in [3.05, 3.63) is 122 Å². The maximum atomic E-state index is 12.8. The summed E-state index contributed by atoms with van der Waals surface area (Å²) in [5, 5.41) is 8.61. The minimum absolute atomic E-state index is 0.155. The van der Waals surface area contributed by atoms with Gasteiger partial charge < -0.3 is 14.8 Å². The molecular formula is C32H22Cl3N3O5S. The van der Waals surface area contributed by atoms with Crippen LogP contribution in [0.5, 0.6) is 11.5 Å². The number of nitrogens with zero attached hydrogens (tertiary/aromatic N) is 1. The minimum atomic E-state index is -0.671. The van der Waals surface area contributed by atoms with E-state index in [2.05, 4.69) is 15.8 Å². The summed E-state index contributed by atoms with van der Waals surface area (Å²) in [6.45, 7) is 2.11. The summed E-state index contributed by atoms with van der Waals surface area (Å²) < 4.78 is 12.1. The lowest BCUT2D eigenvalue weighted by molar-refractivity contribution is 0.0728. The monoisotopic (exact) mass is 665 g/mol. The van der Waals surface area contributed by atoms with E-state index in [-0.39, 0.29) is 22.2 Å². The number of nitrogens with one attached hydrogen (secondary N) is 2. The number of hydrogen-bond donors (Lipinski definition) is 2. The lowest BCUT2D eigenvalue weighted by Crippen LogP contribution is -2.17. The fraction of sp³-hybridized carbons (Fsp3) is 0.0625. The molecule has 0 bridgehead atoms. The highest BCUT2D eigenvalue weighted by Crippen LogP contribution is 2.35. The van der Waals surface area contributed by atoms with Crippen LogP contribution in [-0.4, -0.2) is 30.6 Å². The third-order valence-corrected chi connectivity index (χ3v) is 8.37. The van der Waals surface area contributed by atoms with Gasteiger partial charge in [-0.15, -0.1) is 11.3 Å². The van der Waals surface area contributed by atoms with Crippen molar-refractivity contribution in [2.24, 2.45) is 5.10 Å². The topological polar surface area (TPSA) is 106 Å². The second-order valence-corrected chi connectivity index (χ2v) is 11.4. The quantitative estimate of drug-likeness (QED) is 0.0710. The van der Waals surface area contributed by atoms with E-state index in [0.29, 0.717) is 44.1 Å². The molecule has 0 spiro atoms. The highest BCUT2D eigenvalue weighted by molar-refractivity contribution is 7.21. The number of esters is 1. The Hall–Kier alpha value is -4.41. The van der Waals surface area contributed by atoms with Crippen LogP contribution in [0.4, 0.5) is 5.69 Å². The average molecular weight is 667 g/mol. The van der Waals surface area contributed by atoms with Crippen molar-refractivity contribution in [2.75, 3.05) is 11.9 Å². The van der Waals surface area contributed by atoms with Crippen molar-refractivity contribution < 1.29 is 23.9 Å². The Kier molecular flexibility index (Phi) is 9.82. The zero-order chi connectivity index (χ0) is 31.2. The Balaban J connectivity index is 1.20. The highest BCUT2D eigenvalue weighted by atomic mass is 35.5. The zero-order valence-corrected chi connectivity index (χ0v) is 26.0. The summed E-state index contributed by atoms with van der Waals surface area (Å²) in [5.41, 5.74) is 4.03. The standard InChI is InChI=1S/C32H22Cl3N3O5S/c1-2-42-26-15-18(7-14-25(26)43-32(41)22-13-10-20(33)16-24(22)34)17-36-38-30(39)19-8-11-21(12-9-19)37-31(40)29-28(35)23-5-3-4-6-27(23)44-29/h3-17H,2H2,1H3,(H,37,40)(H,38,39)/b36-17-. The van der Waals surface area contributed by atoms with Gasteiger partial charge in [0.25, 0.3) is 11.8 Å². The van der Waals surface area contributed by atoms with Crippen LogP contribution in [0.3, 0.4) is 0 Å². The van der Waals surface area contributed by atoms with Crippen molar-refractivity contribution in [2.45, 2.75) is 6.92 Å². The summed E-state index contributed by atoms with van der Waals surface area (Å²) in [6, 6.07) is 23.2. The number of carbonyl (C=O) groups excluding carboxylic acids is 3. The number of thiophene rings is 1. The number of fused-ring (bicyclic) bond motifs is 1. The van der Waals surface area contributed by atoms with Crippen LogP contribution in [0.1, 0.15) is 42.9 Å². The molecule has 222 valence electrons. The number of amides is 2. The van der Waals surface area contributed by atoms with Gasteiger partial charge in [0.05, 0.1) is 28.4 Å². The van der Waals surface area contributed by atoms with E-state index in [4.69, 9.17) is 44.3 Å². The van der Waals surface area contributed by atoms with E-state index in [1.165, 1.54) is 35.8 Å². The first kappa shape index (κ1) is 31.0. The molecule has 5 rings (SSSR count). The number of hydrogen-bond acceptors (Lipinski definition) is 7. The molecule has 0 aliphatic carbocycles. The molecule has 44 heavy (non-hydrogen) atoms. The summed E-state index contributed by atoms with van der Waals surface area (Å²) in [6.07, 6.45) is 1.42. The number of rotatable bonds is 9. The van der Waals surface area contributed by atoms with Gasteiger partial charge >= 0.3 is 5.97 Å². The average Bonchev–Trinajstić information content (AvgIpc) is 3.35. The predicted molar refractivity (Wildman–Crippen MR) is 175 cm³/mol. The molecule has 1 aromatic heterocycles. The first-order chi connectivity index (χ1) is 21.2. The van der Waals surface area contributed by atoms with Crippen molar-refractivity contribution in [1.82, 2.24) is 5.43 Å². The van der Waals surface area contributed by atoms with Gasteiger partial charge in [-0.05, 0) is 79.2 Å². The smallest absolute Gasteiger partial charge is 0.345 e. The van der Waals surface area contributed by atoms with Gasteiger partial charge in [0.1, 0.15) is 4.88 Å². The third kappa shape index (κ3) is 7.20. The van der Waals surface area contributed by atoms with E-state index >= 15 is 0 Å². The lowest BCUT2D eigenvalue weighted by Gasteiger charge is -2.12. The Morgan fingerprint density at radius 3 is 2.39 bits per heavy atom. The largest absolute Gasteiger partial charge is 0.490 e. The van der Waals surface area contributed by atoms with Crippen molar-refractivity contribution in [3.8, 4) is 11.5 Å². The van der Waals surface area contributed by atoms with Gasteiger partial charge in [-0.2, -0.15) is 5.10 Å². The highest BCUT2D eigenvalue weighted by Gasteiger charge is 2.18. The van der Waals surface area contributed by atoms with Crippen molar-refractivity contribution in [3.63, 3.8) is 0 Å². The van der Waals surface area contributed by atoms with Crippen LogP contribution in [0, 0.1) is 0 Å². The minimum Gasteiger partial charge on any atom is -0.490 e. The van der Waals surface area contributed by atoms with Gasteiger partial charge in [0.15, 0.2) is 11.5 Å². The summed E-state index contributed by atoms with van der Waals surface area (Å²) in [5.74, 6) is -0.974. The molecule has 0 radical (unpaired) electrons. The van der Waals surface area contributed by atoms with Crippen LogP contribution >= 0.6 is 46.1 Å². The molecule has 0 fully saturated rings. The molecule has 1 heterocycles. The van der Waals surface area contributed by atoms with Crippen LogP contribution in [-0.2, 0) is 0 Å². The predicted octanol–water partition coefficient (Wildman–Crippen LogP) is 8.50. The van der Waals surface area contributed by atoms with Gasteiger partial charge in [-0.3, -0.25) is 9.59 Å².